The summed E-state index contributed by atoms with van der Waals surface area (Å²) in [7, 11) is 0. The lowest BCUT2D eigenvalue weighted by molar-refractivity contribution is -0.140. The van der Waals surface area contributed by atoms with Crippen molar-refractivity contribution in [1.82, 2.24) is 9.80 Å². The van der Waals surface area contributed by atoms with Crippen LogP contribution < -0.4 is 9.64 Å². The first-order valence-electron chi connectivity index (χ1n) is 17.0. The molecular formula is C38H43N3O5. The molecule has 1 saturated carbocycles. The summed E-state index contributed by atoms with van der Waals surface area (Å²) >= 11 is 0. The number of likely N-dealkylation sites (tertiary alicyclic amines) is 1. The van der Waals surface area contributed by atoms with Crippen LogP contribution in [0.2, 0.25) is 0 Å². The number of carbonyl (C=O) groups is 3. The minimum Gasteiger partial charge on any atom is -0.445 e. The highest BCUT2D eigenvalue weighted by molar-refractivity contribution is 5.94. The Kier molecular flexibility index (Phi) is 8.95. The van der Waals surface area contributed by atoms with E-state index in [9.17, 15) is 14.4 Å². The molecule has 7 rings (SSSR count). The zero-order valence-corrected chi connectivity index (χ0v) is 26.4. The summed E-state index contributed by atoms with van der Waals surface area (Å²) < 4.78 is 11.3. The van der Waals surface area contributed by atoms with Gasteiger partial charge in [-0.05, 0) is 110 Å². The Bertz CT molecular complexity index is 1540. The average Bonchev–Trinajstić information content (AvgIpc) is 3.74. The molecule has 0 spiro atoms. The third-order valence-corrected chi connectivity index (χ3v) is 10.4. The third kappa shape index (κ3) is 6.62. The summed E-state index contributed by atoms with van der Waals surface area (Å²) in [5.41, 5.74) is 5.83. The van der Waals surface area contributed by atoms with E-state index in [0.717, 1.165) is 62.6 Å². The van der Waals surface area contributed by atoms with E-state index < -0.39 is 0 Å². The largest absolute Gasteiger partial charge is 0.445 e. The van der Waals surface area contributed by atoms with E-state index in [1.807, 2.05) is 52.3 Å². The molecule has 2 saturated heterocycles. The van der Waals surface area contributed by atoms with Gasteiger partial charge in [0.25, 0.3) is 0 Å². The van der Waals surface area contributed by atoms with Crippen LogP contribution in [0.5, 0.6) is 5.75 Å². The van der Waals surface area contributed by atoms with Crippen molar-refractivity contribution in [2.75, 3.05) is 31.1 Å². The summed E-state index contributed by atoms with van der Waals surface area (Å²) in [5.74, 6) is 0.786. The van der Waals surface area contributed by atoms with Gasteiger partial charge in [-0.3, -0.25) is 9.69 Å². The monoisotopic (exact) mass is 621 g/mol. The number of fused-ring (bicyclic) bond motifs is 1. The lowest BCUT2D eigenvalue weighted by Crippen LogP contribution is -2.42. The maximum atomic E-state index is 13.5. The molecular weight excluding hydrogens is 578 g/mol. The number of rotatable bonds is 7. The minimum atomic E-state index is -0.252. The normalized spacial score (nSPS) is 21.7. The summed E-state index contributed by atoms with van der Waals surface area (Å²) in [4.78, 5) is 44.7. The highest BCUT2D eigenvalue weighted by Gasteiger charge is 2.38. The van der Waals surface area contributed by atoms with Gasteiger partial charge < -0.3 is 19.3 Å². The minimum absolute atomic E-state index is 0.0549. The van der Waals surface area contributed by atoms with Crippen LogP contribution in [0.3, 0.4) is 0 Å². The number of aryl methyl sites for hydroxylation is 2. The van der Waals surface area contributed by atoms with E-state index >= 15 is 0 Å². The topological polar surface area (TPSA) is 79.4 Å². The maximum absolute atomic E-state index is 13.5. The van der Waals surface area contributed by atoms with Crippen molar-refractivity contribution >= 4 is 23.8 Å². The lowest BCUT2D eigenvalue weighted by Gasteiger charge is -2.33. The predicted molar refractivity (Wildman–Crippen MR) is 176 cm³/mol. The van der Waals surface area contributed by atoms with Crippen LogP contribution in [0.1, 0.15) is 73.1 Å². The maximum Gasteiger partial charge on any atom is 0.410 e. The number of amides is 3. The number of benzene rings is 3. The fraction of sp³-hybridized carbons (Fsp3) is 0.447. The highest BCUT2D eigenvalue weighted by Crippen LogP contribution is 2.34. The molecule has 0 unspecified atom stereocenters. The van der Waals surface area contributed by atoms with Gasteiger partial charge in [0.15, 0.2) is 0 Å². The molecule has 2 heterocycles. The quantitative estimate of drug-likeness (QED) is 0.208. The van der Waals surface area contributed by atoms with E-state index in [1.54, 1.807) is 4.90 Å². The number of anilines is 1. The summed E-state index contributed by atoms with van der Waals surface area (Å²) in [6, 6.07) is 24.4. The third-order valence-electron chi connectivity index (χ3n) is 10.4. The van der Waals surface area contributed by atoms with Gasteiger partial charge in [0, 0.05) is 37.9 Å². The molecule has 8 nitrogen and oxygen atoms in total. The zero-order valence-electron chi connectivity index (χ0n) is 26.4. The fourth-order valence-electron chi connectivity index (χ4n) is 7.70. The van der Waals surface area contributed by atoms with Crippen LogP contribution >= 0.6 is 0 Å². The van der Waals surface area contributed by atoms with Gasteiger partial charge >= 0.3 is 18.1 Å². The van der Waals surface area contributed by atoms with Crippen LogP contribution in [0.15, 0.2) is 72.8 Å². The molecule has 0 atom stereocenters. The Morgan fingerprint density at radius 3 is 2.26 bits per heavy atom. The Balaban J connectivity index is 0.863. The van der Waals surface area contributed by atoms with Gasteiger partial charge in [-0.1, -0.05) is 48.5 Å². The van der Waals surface area contributed by atoms with Crippen LogP contribution in [-0.4, -0.2) is 60.1 Å². The van der Waals surface area contributed by atoms with E-state index in [-0.39, 0.29) is 30.1 Å². The highest BCUT2D eigenvalue weighted by atomic mass is 16.6. The number of piperidine rings is 1. The van der Waals surface area contributed by atoms with Gasteiger partial charge in [-0.25, -0.2) is 9.59 Å². The van der Waals surface area contributed by atoms with Crippen LogP contribution in [0.4, 0.5) is 15.3 Å². The number of hydrogen-bond acceptors (Lipinski definition) is 5. The van der Waals surface area contributed by atoms with Crippen molar-refractivity contribution in [2.45, 2.75) is 76.4 Å². The standard InChI is InChI=1S/C38H43N3O5/c42-36(46-35-18-13-28-7-4-8-32(28)25-35)31-11-16-34(17-12-31)41-24-23-40(37(41)43)33-14-9-29(10-15-33)30-19-21-39(22-20-30)38(44)45-26-27-5-2-1-3-6-27/h1-3,5-6,9-10,13-15,18,25,30-31,34H,4,7-8,11-12,16-17,19-24,26H2/t31-,34-. The Morgan fingerprint density at radius 2 is 1.50 bits per heavy atom. The number of ether oxygens (including phenoxy) is 2. The number of nitrogens with zero attached hydrogens (tertiary/aromatic N) is 3. The SMILES string of the molecule is O=C(OCc1ccccc1)N1CCC(c2ccc(N3CCN([C@H]4CC[C@H](C(=O)Oc5ccc6c(c5)CCC6)CC4)C3=O)cc2)CC1. The number of carbonyl (C=O) groups excluding carboxylic acids is 3. The van der Waals surface area contributed by atoms with E-state index in [4.69, 9.17) is 9.47 Å². The van der Waals surface area contributed by atoms with Crippen LogP contribution in [0.25, 0.3) is 0 Å². The first kappa shape index (κ1) is 30.3. The van der Waals surface area contributed by atoms with E-state index in [1.165, 1.54) is 23.1 Å². The van der Waals surface area contributed by atoms with Crippen LogP contribution in [-0.2, 0) is 29.0 Å². The summed E-state index contributed by atoms with van der Waals surface area (Å²) in [6.07, 6.45) is 8.01. The summed E-state index contributed by atoms with van der Waals surface area (Å²) in [5, 5.41) is 0. The molecule has 2 aliphatic heterocycles. The molecule has 3 aromatic carbocycles. The van der Waals surface area contributed by atoms with Gasteiger partial charge in [0.2, 0.25) is 0 Å². The molecule has 240 valence electrons. The van der Waals surface area contributed by atoms with Crippen molar-refractivity contribution < 1.29 is 23.9 Å². The molecule has 4 aliphatic rings. The predicted octanol–water partition coefficient (Wildman–Crippen LogP) is 7.10. The van der Waals surface area contributed by atoms with Gasteiger partial charge in [-0.15, -0.1) is 0 Å². The summed E-state index contributed by atoms with van der Waals surface area (Å²) in [6.45, 7) is 3.01. The van der Waals surface area contributed by atoms with Crippen molar-refractivity contribution in [3.05, 3.63) is 95.1 Å². The first-order chi connectivity index (χ1) is 22.5. The Morgan fingerprint density at radius 1 is 0.761 bits per heavy atom. The van der Waals surface area contributed by atoms with Crippen molar-refractivity contribution in [2.24, 2.45) is 5.92 Å². The molecule has 0 N–H and O–H groups in total. The second kappa shape index (κ2) is 13.6. The van der Waals surface area contributed by atoms with Crippen LogP contribution in [0, 0.1) is 5.92 Å². The number of urea groups is 1. The van der Waals surface area contributed by atoms with Gasteiger partial charge in [0.05, 0.1) is 5.92 Å². The Labute approximate surface area is 271 Å². The smallest absolute Gasteiger partial charge is 0.410 e. The first-order valence-corrected chi connectivity index (χ1v) is 17.0. The molecule has 3 amide bonds. The Hall–Kier alpha value is -4.33. The average molecular weight is 622 g/mol. The lowest BCUT2D eigenvalue weighted by atomic mass is 9.85. The number of hydrogen-bond donors (Lipinski definition) is 0. The molecule has 46 heavy (non-hydrogen) atoms. The molecule has 2 aliphatic carbocycles. The number of esters is 1. The second-order valence-electron chi connectivity index (χ2n) is 13.2. The van der Waals surface area contributed by atoms with Crippen molar-refractivity contribution in [3.63, 3.8) is 0 Å². The molecule has 0 bridgehead atoms. The second-order valence-corrected chi connectivity index (χ2v) is 13.2. The zero-order chi connectivity index (χ0) is 31.5. The van der Waals surface area contributed by atoms with Gasteiger partial charge in [0.1, 0.15) is 12.4 Å². The van der Waals surface area contributed by atoms with Gasteiger partial charge in [-0.2, -0.15) is 0 Å². The van der Waals surface area contributed by atoms with E-state index in [2.05, 4.69) is 30.3 Å². The molecule has 0 aromatic heterocycles. The molecule has 3 aromatic rings. The van der Waals surface area contributed by atoms with E-state index in [0.29, 0.717) is 44.5 Å². The van der Waals surface area contributed by atoms with Crippen molar-refractivity contribution in [1.29, 1.82) is 0 Å². The fourth-order valence-corrected chi connectivity index (χ4v) is 7.70. The molecule has 3 fully saturated rings. The molecule has 8 heteroatoms. The van der Waals surface area contributed by atoms with Crippen molar-refractivity contribution in [3.8, 4) is 5.75 Å². The molecule has 0 radical (unpaired) electrons.